The van der Waals surface area contributed by atoms with Crippen LogP contribution in [0.5, 0.6) is 5.75 Å². The van der Waals surface area contributed by atoms with Crippen LogP contribution in [0.2, 0.25) is 0 Å². The Balaban J connectivity index is 1.59. The predicted molar refractivity (Wildman–Crippen MR) is 90.3 cm³/mol. The van der Waals surface area contributed by atoms with E-state index < -0.39 is 0 Å². The van der Waals surface area contributed by atoms with E-state index in [2.05, 4.69) is 5.16 Å². The first-order valence-electron chi connectivity index (χ1n) is 8.24. The minimum absolute atomic E-state index is 0.00376. The average molecular weight is 343 g/mol. The van der Waals surface area contributed by atoms with E-state index in [0.717, 1.165) is 11.3 Å². The summed E-state index contributed by atoms with van der Waals surface area (Å²) in [6, 6.07) is 6.50. The Bertz CT molecular complexity index is 772. The standard InChI is InChI=1S/C18H21N3O4/c1-12-15(13(2)25-19-12)11-17(23)20-7-9-21(10-8-20)18(24)14-5-3-4-6-16(14)22/h3-6,22H,7-11H2,1-2H3. The Morgan fingerprint density at radius 3 is 2.36 bits per heavy atom. The summed E-state index contributed by atoms with van der Waals surface area (Å²) in [7, 11) is 0. The van der Waals surface area contributed by atoms with Crippen molar-refractivity contribution in [2.24, 2.45) is 0 Å². The van der Waals surface area contributed by atoms with Crippen LogP contribution in [0, 0.1) is 13.8 Å². The highest BCUT2D eigenvalue weighted by Crippen LogP contribution is 2.19. The largest absolute Gasteiger partial charge is 0.507 e. The Labute approximate surface area is 145 Å². The summed E-state index contributed by atoms with van der Waals surface area (Å²) in [5.41, 5.74) is 1.86. The third-order valence-corrected chi connectivity index (χ3v) is 4.56. The zero-order chi connectivity index (χ0) is 18.0. The number of phenolic OH excluding ortho intramolecular Hbond substituents is 1. The quantitative estimate of drug-likeness (QED) is 0.913. The van der Waals surface area contributed by atoms with Gasteiger partial charge in [0.25, 0.3) is 5.91 Å². The molecule has 0 saturated carbocycles. The lowest BCUT2D eigenvalue weighted by Gasteiger charge is -2.35. The fourth-order valence-corrected chi connectivity index (χ4v) is 3.00. The first-order valence-corrected chi connectivity index (χ1v) is 8.24. The molecule has 132 valence electrons. The van der Waals surface area contributed by atoms with Gasteiger partial charge in [-0.2, -0.15) is 0 Å². The second-order valence-electron chi connectivity index (χ2n) is 6.17. The molecule has 1 saturated heterocycles. The average Bonchev–Trinajstić information content (AvgIpc) is 2.93. The number of rotatable bonds is 3. The molecule has 0 radical (unpaired) electrons. The molecule has 3 rings (SSSR count). The molecule has 0 spiro atoms. The van der Waals surface area contributed by atoms with Crippen LogP contribution in [-0.4, -0.2) is 58.1 Å². The van der Waals surface area contributed by atoms with Crippen molar-refractivity contribution < 1.29 is 19.2 Å². The number of phenols is 1. The van der Waals surface area contributed by atoms with E-state index in [1.807, 2.05) is 6.92 Å². The molecule has 0 aliphatic carbocycles. The number of para-hydroxylation sites is 1. The summed E-state index contributed by atoms with van der Waals surface area (Å²) in [5, 5.41) is 13.7. The fraction of sp³-hybridized carbons (Fsp3) is 0.389. The first kappa shape index (κ1) is 17.0. The molecule has 25 heavy (non-hydrogen) atoms. The van der Waals surface area contributed by atoms with Crippen molar-refractivity contribution in [1.29, 1.82) is 0 Å². The highest BCUT2D eigenvalue weighted by molar-refractivity contribution is 5.97. The summed E-state index contributed by atoms with van der Waals surface area (Å²) >= 11 is 0. The highest BCUT2D eigenvalue weighted by Gasteiger charge is 2.27. The molecule has 1 aliphatic rings. The number of nitrogens with zero attached hydrogens (tertiary/aromatic N) is 3. The molecule has 1 fully saturated rings. The van der Waals surface area contributed by atoms with Crippen LogP contribution < -0.4 is 0 Å². The van der Waals surface area contributed by atoms with Crippen LogP contribution in [0.15, 0.2) is 28.8 Å². The number of aromatic nitrogens is 1. The second kappa shape index (κ2) is 6.96. The summed E-state index contributed by atoms with van der Waals surface area (Å²) in [4.78, 5) is 28.4. The predicted octanol–water partition coefficient (Wildman–Crippen LogP) is 1.52. The van der Waals surface area contributed by atoms with Gasteiger partial charge >= 0.3 is 0 Å². The van der Waals surface area contributed by atoms with Gasteiger partial charge in [0.1, 0.15) is 11.5 Å². The minimum Gasteiger partial charge on any atom is -0.507 e. The number of benzene rings is 1. The van der Waals surface area contributed by atoms with Crippen molar-refractivity contribution >= 4 is 11.8 Å². The molecule has 7 nitrogen and oxygen atoms in total. The van der Waals surface area contributed by atoms with Gasteiger partial charge in [-0.3, -0.25) is 9.59 Å². The van der Waals surface area contributed by atoms with E-state index in [4.69, 9.17) is 4.52 Å². The van der Waals surface area contributed by atoms with E-state index in [0.29, 0.717) is 31.9 Å². The fourth-order valence-electron chi connectivity index (χ4n) is 3.00. The van der Waals surface area contributed by atoms with E-state index in [1.165, 1.54) is 6.07 Å². The minimum atomic E-state index is -0.212. The number of aromatic hydroxyl groups is 1. The van der Waals surface area contributed by atoms with Crippen LogP contribution in [0.3, 0.4) is 0 Å². The van der Waals surface area contributed by atoms with Gasteiger partial charge < -0.3 is 19.4 Å². The summed E-state index contributed by atoms with van der Waals surface area (Å²) in [6.07, 6.45) is 0.259. The smallest absolute Gasteiger partial charge is 0.257 e. The van der Waals surface area contributed by atoms with E-state index in [-0.39, 0.29) is 29.5 Å². The zero-order valence-corrected chi connectivity index (χ0v) is 14.4. The Morgan fingerprint density at radius 1 is 1.12 bits per heavy atom. The Hall–Kier alpha value is -2.83. The van der Waals surface area contributed by atoms with Crippen molar-refractivity contribution in [2.75, 3.05) is 26.2 Å². The molecule has 2 aromatic rings. The third-order valence-electron chi connectivity index (χ3n) is 4.56. The molecule has 1 aromatic heterocycles. The topological polar surface area (TPSA) is 86.9 Å². The molecule has 1 aromatic carbocycles. The summed E-state index contributed by atoms with van der Waals surface area (Å²) < 4.78 is 5.09. The maximum Gasteiger partial charge on any atom is 0.257 e. The SMILES string of the molecule is Cc1noc(C)c1CC(=O)N1CCN(C(=O)c2ccccc2O)CC1. The molecule has 0 atom stereocenters. The van der Waals surface area contributed by atoms with Crippen molar-refractivity contribution in [3.8, 4) is 5.75 Å². The third kappa shape index (κ3) is 3.50. The van der Waals surface area contributed by atoms with Gasteiger partial charge in [-0.1, -0.05) is 17.3 Å². The van der Waals surface area contributed by atoms with Gasteiger partial charge in [-0.25, -0.2) is 0 Å². The van der Waals surface area contributed by atoms with Crippen molar-refractivity contribution in [1.82, 2.24) is 15.0 Å². The molecule has 0 unspecified atom stereocenters. The van der Waals surface area contributed by atoms with Gasteiger partial charge in [0.05, 0.1) is 17.7 Å². The maximum absolute atomic E-state index is 12.5. The lowest BCUT2D eigenvalue weighted by molar-refractivity contribution is -0.131. The number of carbonyl (C=O) groups excluding carboxylic acids is 2. The highest BCUT2D eigenvalue weighted by atomic mass is 16.5. The van der Waals surface area contributed by atoms with Crippen molar-refractivity contribution in [3.05, 3.63) is 46.8 Å². The molecule has 7 heteroatoms. The summed E-state index contributed by atoms with van der Waals surface area (Å²) in [5.74, 6) is 0.434. The molecular formula is C18H21N3O4. The molecule has 2 heterocycles. The van der Waals surface area contributed by atoms with Crippen LogP contribution in [0.25, 0.3) is 0 Å². The van der Waals surface area contributed by atoms with Gasteiger partial charge in [0.15, 0.2) is 0 Å². The number of piperazine rings is 1. The monoisotopic (exact) mass is 343 g/mol. The summed E-state index contributed by atoms with van der Waals surface area (Å²) in [6.45, 7) is 5.46. The van der Waals surface area contributed by atoms with Crippen LogP contribution in [0.4, 0.5) is 0 Å². The van der Waals surface area contributed by atoms with Crippen LogP contribution in [0.1, 0.15) is 27.4 Å². The number of aryl methyl sites for hydroxylation is 2. The molecular weight excluding hydrogens is 322 g/mol. The van der Waals surface area contributed by atoms with E-state index in [1.54, 1.807) is 34.9 Å². The molecule has 1 N–H and O–H groups in total. The first-order chi connectivity index (χ1) is 12.0. The number of amides is 2. The Morgan fingerprint density at radius 2 is 1.76 bits per heavy atom. The lowest BCUT2D eigenvalue weighted by Crippen LogP contribution is -2.51. The van der Waals surface area contributed by atoms with Gasteiger partial charge in [-0.15, -0.1) is 0 Å². The number of carbonyl (C=O) groups is 2. The van der Waals surface area contributed by atoms with Crippen LogP contribution in [-0.2, 0) is 11.2 Å². The van der Waals surface area contributed by atoms with Gasteiger partial charge in [0, 0.05) is 31.7 Å². The normalized spacial score (nSPS) is 14.6. The van der Waals surface area contributed by atoms with E-state index in [9.17, 15) is 14.7 Å². The van der Waals surface area contributed by atoms with Crippen LogP contribution >= 0.6 is 0 Å². The number of hydrogen-bond acceptors (Lipinski definition) is 5. The van der Waals surface area contributed by atoms with Gasteiger partial charge in [-0.05, 0) is 26.0 Å². The van der Waals surface area contributed by atoms with Gasteiger partial charge in [0.2, 0.25) is 5.91 Å². The lowest BCUT2D eigenvalue weighted by atomic mass is 10.1. The molecule has 2 amide bonds. The van der Waals surface area contributed by atoms with E-state index >= 15 is 0 Å². The second-order valence-corrected chi connectivity index (χ2v) is 6.17. The zero-order valence-electron chi connectivity index (χ0n) is 14.4. The molecule has 1 aliphatic heterocycles. The van der Waals surface area contributed by atoms with Crippen molar-refractivity contribution in [3.63, 3.8) is 0 Å². The number of hydrogen-bond donors (Lipinski definition) is 1. The van der Waals surface area contributed by atoms with Crippen molar-refractivity contribution in [2.45, 2.75) is 20.3 Å². The Kier molecular flexibility index (Phi) is 4.74. The maximum atomic E-state index is 12.5. The molecule has 0 bridgehead atoms.